The van der Waals surface area contributed by atoms with Crippen LogP contribution in [0.25, 0.3) is 0 Å². The zero-order valence-electron chi connectivity index (χ0n) is 9.90. The summed E-state index contributed by atoms with van der Waals surface area (Å²) in [5.74, 6) is -0.481. The molecule has 1 rings (SSSR count). The second-order valence-electron chi connectivity index (χ2n) is 3.77. The van der Waals surface area contributed by atoms with Gasteiger partial charge in [0.1, 0.15) is 10.6 Å². The lowest BCUT2D eigenvalue weighted by molar-refractivity contribution is -0.130. The molecule has 92 valence electrons. The maximum absolute atomic E-state index is 11.9. The van der Waals surface area contributed by atoms with Crippen molar-refractivity contribution in [2.75, 3.05) is 14.1 Å². The standard InChI is InChI=1S/C11H14BrN3O2/c1-7(11(17)15(2)3)14-10(16)8-5-4-6-13-9(8)12/h4-7H,1-3H3,(H,14,16). The van der Waals surface area contributed by atoms with E-state index in [1.807, 2.05) is 0 Å². The number of carbonyl (C=O) groups excluding carboxylic acids is 2. The quantitative estimate of drug-likeness (QED) is 0.849. The Morgan fingerprint density at radius 2 is 2.12 bits per heavy atom. The molecule has 1 heterocycles. The van der Waals surface area contributed by atoms with Gasteiger partial charge in [-0.3, -0.25) is 9.59 Å². The normalized spacial score (nSPS) is 11.8. The molecule has 0 saturated heterocycles. The Bertz CT molecular complexity index is 434. The van der Waals surface area contributed by atoms with Crippen molar-refractivity contribution < 1.29 is 9.59 Å². The molecule has 5 nitrogen and oxygen atoms in total. The zero-order chi connectivity index (χ0) is 13.0. The number of amides is 2. The van der Waals surface area contributed by atoms with Gasteiger partial charge in [0, 0.05) is 20.3 Å². The predicted molar refractivity (Wildman–Crippen MR) is 67.6 cm³/mol. The third-order valence-electron chi connectivity index (χ3n) is 2.16. The molecule has 6 heteroatoms. The topological polar surface area (TPSA) is 62.3 Å². The minimum Gasteiger partial charge on any atom is -0.347 e. The zero-order valence-corrected chi connectivity index (χ0v) is 11.5. The number of hydrogen-bond donors (Lipinski definition) is 1. The number of rotatable bonds is 3. The molecule has 0 aliphatic rings. The molecule has 2 amide bonds. The second kappa shape index (κ2) is 5.77. The first-order valence-electron chi connectivity index (χ1n) is 5.06. The van der Waals surface area contributed by atoms with E-state index in [1.54, 1.807) is 39.3 Å². The highest BCUT2D eigenvalue weighted by Crippen LogP contribution is 2.12. The van der Waals surface area contributed by atoms with E-state index in [4.69, 9.17) is 0 Å². The second-order valence-corrected chi connectivity index (χ2v) is 4.52. The largest absolute Gasteiger partial charge is 0.347 e. The van der Waals surface area contributed by atoms with Crippen LogP contribution in [-0.4, -0.2) is 41.8 Å². The van der Waals surface area contributed by atoms with Gasteiger partial charge in [-0.2, -0.15) is 0 Å². The SMILES string of the molecule is CC(NC(=O)c1cccnc1Br)C(=O)N(C)C. The fourth-order valence-electron chi connectivity index (χ4n) is 1.28. The molecule has 0 radical (unpaired) electrons. The summed E-state index contributed by atoms with van der Waals surface area (Å²) >= 11 is 3.19. The molecule has 0 aliphatic heterocycles. The summed E-state index contributed by atoms with van der Waals surface area (Å²) in [4.78, 5) is 28.8. The Kier molecular flexibility index (Phi) is 4.62. The number of carbonyl (C=O) groups is 2. The molecule has 0 aromatic carbocycles. The summed E-state index contributed by atoms with van der Waals surface area (Å²) in [6.45, 7) is 1.64. The molecular formula is C11H14BrN3O2. The average Bonchev–Trinajstić information content (AvgIpc) is 2.28. The van der Waals surface area contributed by atoms with Crippen LogP contribution in [-0.2, 0) is 4.79 Å². The van der Waals surface area contributed by atoms with Crippen LogP contribution in [0.3, 0.4) is 0 Å². The van der Waals surface area contributed by atoms with E-state index < -0.39 is 6.04 Å². The Labute approximate surface area is 108 Å². The summed E-state index contributed by atoms with van der Waals surface area (Å²) in [5, 5.41) is 2.62. The lowest BCUT2D eigenvalue weighted by atomic mass is 10.2. The van der Waals surface area contributed by atoms with Gasteiger partial charge in [0.05, 0.1) is 5.56 Å². The van der Waals surface area contributed by atoms with E-state index in [1.165, 1.54) is 4.90 Å². The molecule has 0 saturated carbocycles. The van der Waals surface area contributed by atoms with Gasteiger partial charge in [0.25, 0.3) is 5.91 Å². The molecule has 1 unspecified atom stereocenters. The summed E-state index contributed by atoms with van der Waals surface area (Å²) < 4.78 is 0.460. The number of aromatic nitrogens is 1. The van der Waals surface area contributed by atoms with Crippen molar-refractivity contribution >= 4 is 27.7 Å². The highest BCUT2D eigenvalue weighted by atomic mass is 79.9. The summed E-state index contributed by atoms with van der Waals surface area (Å²) in [6, 6.07) is 2.74. The van der Waals surface area contributed by atoms with E-state index in [9.17, 15) is 9.59 Å². The van der Waals surface area contributed by atoms with Gasteiger partial charge in [0.2, 0.25) is 5.91 Å². The fraction of sp³-hybridized carbons (Fsp3) is 0.364. The van der Waals surface area contributed by atoms with E-state index in [-0.39, 0.29) is 11.8 Å². The predicted octanol–water partition coefficient (Wildman–Crippen LogP) is 1.05. The van der Waals surface area contributed by atoms with Crippen LogP contribution in [0.5, 0.6) is 0 Å². The van der Waals surface area contributed by atoms with Crippen LogP contribution in [0.4, 0.5) is 0 Å². The van der Waals surface area contributed by atoms with Crippen LogP contribution in [0.1, 0.15) is 17.3 Å². The molecule has 0 aliphatic carbocycles. The van der Waals surface area contributed by atoms with Crippen LogP contribution in [0.2, 0.25) is 0 Å². The minimum atomic E-state index is -0.565. The van der Waals surface area contributed by atoms with Crippen LogP contribution in [0, 0.1) is 0 Å². The smallest absolute Gasteiger partial charge is 0.254 e. The van der Waals surface area contributed by atoms with Gasteiger partial charge in [-0.25, -0.2) is 4.98 Å². The van der Waals surface area contributed by atoms with Crippen LogP contribution >= 0.6 is 15.9 Å². The van der Waals surface area contributed by atoms with Gasteiger partial charge >= 0.3 is 0 Å². The van der Waals surface area contributed by atoms with Crippen molar-refractivity contribution in [3.8, 4) is 0 Å². The van der Waals surface area contributed by atoms with Crippen molar-refractivity contribution in [1.82, 2.24) is 15.2 Å². The van der Waals surface area contributed by atoms with Gasteiger partial charge in [0.15, 0.2) is 0 Å². The molecule has 1 atom stereocenters. The first-order chi connectivity index (χ1) is 7.93. The molecule has 1 N–H and O–H groups in total. The van der Waals surface area contributed by atoms with Crippen molar-refractivity contribution in [3.05, 3.63) is 28.5 Å². The maximum atomic E-state index is 11.9. The molecule has 1 aromatic rings. The van der Waals surface area contributed by atoms with E-state index in [2.05, 4.69) is 26.2 Å². The molecular weight excluding hydrogens is 286 g/mol. The minimum absolute atomic E-state index is 0.154. The van der Waals surface area contributed by atoms with Crippen molar-refractivity contribution in [3.63, 3.8) is 0 Å². The van der Waals surface area contributed by atoms with Crippen molar-refractivity contribution in [1.29, 1.82) is 0 Å². The van der Waals surface area contributed by atoms with Crippen LogP contribution < -0.4 is 5.32 Å². The monoisotopic (exact) mass is 299 g/mol. The highest BCUT2D eigenvalue weighted by molar-refractivity contribution is 9.10. The molecule has 0 bridgehead atoms. The number of nitrogens with one attached hydrogen (secondary N) is 1. The number of hydrogen-bond acceptors (Lipinski definition) is 3. The Hall–Kier alpha value is -1.43. The summed E-state index contributed by atoms with van der Waals surface area (Å²) in [6.07, 6.45) is 1.58. The first-order valence-corrected chi connectivity index (χ1v) is 5.85. The fourth-order valence-corrected chi connectivity index (χ4v) is 1.71. The van der Waals surface area contributed by atoms with Gasteiger partial charge in [-0.15, -0.1) is 0 Å². The third kappa shape index (κ3) is 3.52. The number of likely N-dealkylation sites (N-methyl/N-ethyl adjacent to an activating group) is 1. The Morgan fingerprint density at radius 3 is 2.65 bits per heavy atom. The molecule has 17 heavy (non-hydrogen) atoms. The molecule has 0 spiro atoms. The summed E-state index contributed by atoms with van der Waals surface area (Å²) in [5.41, 5.74) is 0.408. The van der Waals surface area contributed by atoms with E-state index in [0.29, 0.717) is 10.2 Å². The first kappa shape index (κ1) is 13.6. The average molecular weight is 300 g/mol. The lowest BCUT2D eigenvalue weighted by Gasteiger charge is -2.18. The molecule has 1 aromatic heterocycles. The Morgan fingerprint density at radius 1 is 1.47 bits per heavy atom. The lowest BCUT2D eigenvalue weighted by Crippen LogP contribution is -2.44. The van der Waals surface area contributed by atoms with E-state index >= 15 is 0 Å². The summed E-state index contributed by atoms with van der Waals surface area (Å²) in [7, 11) is 3.29. The van der Waals surface area contributed by atoms with Crippen molar-refractivity contribution in [2.24, 2.45) is 0 Å². The van der Waals surface area contributed by atoms with Crippen LogP contribution in [0.15, 0.2) is 22.9 Å². The van der Waals surface area contributed by atoms with E-state index in [0.717, 1.165) is 0 Å². The molecule has 0 fully saturated rings. The highest BCUT2D eigenvalue weighted by Gasteiger charge is 2.19. The number of halogens is 1. The van der Waals surface area contributed by atoms with Crippen molar-refractivity contribution in [2.45, 2.75) is 13.0 Å². The number of pyridine rings is 1. The van der Waals surface area contributed by atoms with Gasteiger partial charge in [-0.1, -0.05) is 0 Å². The maximum Gasteiger partial charge on any atom is 0.254 e. The number of nitrogens with zero attached hydrogens (tertiary/aromatic N) is 2. The van der Waals surface area contributed by atoms with Gasteiger partial charge < -0.3 is 10.2 Å². The third-order valence-corrected chi connectivity index (χ3v) is 2.79. The van der Waals surface area contributed by atoms with Gasteiger partial charge in [-0.05, 0) is 35.0 Å². The Balaban J connectivity index is 2.74.